The average molecular weight is 115 g/mol. The van der Waals surface area contributed by atoms with Gasteiger partial charge in [0.1, 0.15) is 6.23 Å². The van der Waals surface area contributed by atoms with Crippen LogP contribution in [0.1, 0.15) is 12.8 Å². The Balaban J connectivity index is 2.33. The van der Waals surface area contributed by atoms with Gasteiger partial charge in [0, 0.05) is 0 Å². The Hall–Kier alpha value is -0.570. The van der Waals surface area contributed by atoms with Crippen molar-refractivity contribution in [1.82, 2.24) is 0 Å². The van der Waals surface area contributed by atoms with Crippen molar-refractivity contribution in [3.63, 3.8) is 0 Å². The highest BCUT2D eigenvalue weighted by Gasteiger charge is 2.01. The van der Waals surface area contributed by atoms with Crippen LogP contribution in [0, 0.1) is 0 Å². The number of nitrogens with zero attached hydrogens (tertiary/aromatic N) is 1. The summed E-state index contributed by atoms with van der Waals surface area (Å²) in [5.41, 5.74) is 0. The largest absolute Gasteiger partial charge is 0.483 e. The van der Waals surface area contributed by atoms with Gasteiger partial charge in [0.2, 0.25) is 0 Å². The summed E-state index contributed by atoms with van der Waals surface area (Å²) in [4.78, 5) is 3.63. The van der Waals surface area contributed by atoms with Gasteiger partial charge in [0.05, 0.1) is 6.61 Å². The molecule has 0 aromatic rings. The van der Waals surface area contributed by atoms with Crippen LogP contribution in [0.3, 0.4) is 0 Å². The molecule has 3 heteroatoms. The summed E-state index contributed by atoms with van der Waals surface area (Å²) in [5.74, 6) is 0. The second-order valence-electron chi connectivity index (χ2n) is 1.75. The molecule has 0 fully saturated rings. The predicted molar refractivity (Wildman–Crippen MR) is 29.7 cm³/mol. The van der Waals surface area contributed by atoms with Crippen molar-refractivity contribution in [2.45, 2.75) is 19.1 Å². The summed E-state index contributed by atoms with van der Waals surface area (Å²) in [6.07, 6.45) is 2.40. The highest BCUT2D eigenvalue weighted by molar-refractivity contribution is 5.46. The topological polar surface area (TPSA) is 41.8 Å². The van der Waals surface area contributed by atoms with Crippen LogP contribution < -0.4 is 0 Å². The molecule has 3 nitrogen and oxygen atoms in total. The Bertz CT molecular complexity index is 92.4. The van der Waals surface area contributed by atoms with E-state index in [9.17, 15) is 0 Å². The molecule has 0 aromatic carbocycles. The number of aliphatic hydroxyl groups is 1. The fourth-order valence-corrected chi connectivity index (χ4v) is 0.590. The number of rotatable bonds is 0. The SMILES string of the molecule is OC1CCCOC=N1. The highest BCUT2D eigenvalue weighted by atomic mass is 16.5. The van der Waals surface area contributed by atoms with Gasteiger partial charge in [-0.05, 0) is 12.8 Å². The summed E-state index contributed by atoms with van der Waals surface area (Å²) in [6, 6.07) is 0. The lowest BCUT2D eigenvalue weighted by atomic mass is 10.3. The van der Waals surface area contributed by atoms with Crippen molar-refractivity contribution in [3.05, 3.63) is 0 Å². The summed E-state index contributed by atoms with van der Waals surface area (Å²) < 4.78 is 4.81. The van der Waals surface area contributed by atoms with Crippen molar-refractivity contribution >= 4 is 6.40 Å². The zero-order chi connectivity index (χ0) is 5.82. The minimum absolute atomic E-state index is 0.530. The van der Waals surface area contributed by atoms with Crippen LogP contribution in [-0.4, -0.2) is 24.3 Å². The molecule has 1 heterocycles. The molecule has 0 aliphatic carbocycles. The Morgan fingerprint density at radius 3 is 3.50 bits per heavy atom. The van der Waals surface area contributed by atoms with Crippen LogP contribution in [0.2, 0.25) is 0 Å². The molecule has 1 aliphatic heterocycles. The number of aliphatic hydroxyl groups excluding tert-OH is 1. The normalized spacial score (nSPS) is 28.9. The second kappa shape index (κ2) is 2.67. The average Bonchev–Trinajstić information content (AvgIpc) is 1.94. The fourth-order valence-electron chi connectivity index (χ4n) is 0.590. The van der Waals surface area contributed by atoms with E-state index in [0.29, 0.717) is 6.61 Å². The monoisotopic (exact) mass is 115 g/mol. The third-order valence-electron chi connectivity index (χ3n) is 1.03. The second-order valence-corrected chi connectivity index (χ2v) is 1.75. The maximum absolute atomic E-state index is 8.81. The minimum Gasteiger partial charge on any atom is -0.483 e. The van der Waals surface area contributed by atoms with Crippen molar-refractivity contribution in [1.29, 1.82) is 0 Å². The molecule has 46 valence electrons. The summed E-state index contributed by atoms with van der Waals surface area (Å²) in [7, 11) is 0. The third-order valence-corrected chi connectivity index (χ3v) is 1.03. The first-order chi connectivity index (χ1) is 3.89. The fraction of sp³-hybridized carbons (Fsp3) is 0.800. The van der Waals surface area contributed by atoms with Crippen LogP contribution in [0.5, 0.6) is 0 Å². The molecular formula is C5H9NO2. The third kappa shape index (κ3) is 1.50. The Morgan fingerprint density at radius 1 is 1.75 bits per heavy atom. The van der Waals surface area contributed by atoms with E-state index < -0.39 is 6.23 Å². The Kier molecular flexibility index (Phi) is 1.86. The molecule has 1 aliphatic rings. The maximum Gasteiger partial charge on any atom is 0.171 e. The van der Waals surface area contributed by atoms with E-state index in [-0.39, 0.29) is 0 Å². The van der Waals surface area contributed by atoms with Crippen molar-refractivity contribution in [2.24, 2.45) is 4.99 Å². The zero-order valence-electron chi connectivity index (χ0n) is 4.58. The van der Waals surface area contributed by atoms with Gasteiger partial charge < -0.3 is 9.84 Å². The van der Waals surface area contributed by atoms with Gasteiger partial charge in [0.25, 0.3) is 0 Å². The Labute approximate surface area is 48.0 Å². The molecule has 8 heavy (non-hydrogen) atoms. The quantitative estimate of drug-likeness (QED) is 0.488. The van der Waals surface area contributed by atoms with E-state index in [1.165, 1.54) is 6.40 Å². The molecule has 0 aromatic heterocycles. The van der Waals surface area contributed by atoms with Gasteiger partial charge in [-0.15, -0.1) is 0 Å². The molecule has 1 unspecified atom stereocenters. The number of hydrogen-bond acceptors (Lipinski definition) is 3. The van der Waals surface area contributed by atoms with E-state index in [2.05, 4.69) is 4.99 Å². The molecule has 0 amide bonds. The van der Waals surface area contributed by atoms with E-state index in [1.54, 1.807) is 0 Å². The number of hydrogen-bond donors (Lipinski definition) is 1. The van der Waals surface area contributed by atoms with Gasteiger partial charge in [-0.3, -0.25) is 0 Å². The van der Waals surface area contributed by atoms with Crippen LogP contribution in [0.15, 0.2) is 4.99 Å². The molecule has 0 saturated carbocycles. The molecule has 1 atom stereocenters. The highest BCUT2D eigenvalue weighted by Crippen LogP contribution is 2.00. The van der Waals surface area contributed by atoms with E-state index in [4.69, 9.17) is 9.84 Å². The Morgan fingerprint density at radius 2 is 2.62 bits per heavy atom. The van der Waals surface area contributed by atoms with Crippen molar-refractivity contribution in [2.75, 3.05) is 6.61 Å². The summed E-state index contributed by atoms with van der Waals surface area (Å²) in [6.45, 7) is 0.681. The summed E-state index contributed by atoms with van der Waals surface area (Å²) in [5, 5.41) is 8.81. The molecule has 0 radical (unpaired) electrons. The van der Waals surface area contributed by atoms with Crippen molar-refractivity contribution < 1.29 is 9.84 Å². The first kappa shape index (κ1) is 5.56. The first-order valence-corrected chi connectivity index (χ1v) is 2.71. The first-order valence-electron chi connectivity index (χ1n) is 2.71. The predicted octanol–water partition coefficient (Wildman–Crippen LogP) is 0.143. The van der Waals surface area contributed by atoms with E-state index in [1.807, 2.05) is 0 Å². The van der Waals surface area contributed by atoms with Crippen LogP contribution >= 0.6 is 0 Å². The van der Waals surface area contributed by atoms with Crippen LogP contribution in [-0.2, 0) is 4.74 Å². The van der Waals surface area contributed by atoms with E-state index >= 15 is 0 Å². The van der Waals surface area contributed by atoms with Crippen LogP contribution in [0.25, 0.3) is 0 Å². The van der Waals surface area contributed by atoms with Crippen LogP contribution in [0.4, 0.5) is 0 Å². The standard InChI is InChI=1S/C5H9NO2/c7-5-2-1-3-8-4-6-5/h4-5,7H,1-3H2. The van der Waals surface area contributed by atoms with Gasteiger partial charge >= 0.3 is 0 Å². The van der Waals surface area contributed by atoms with Gasteiger partial charge in [0.15, 0.2) is 6.40 Å². The smallest absolute Gasteiger partial charge is 0.171 e. The number of ether oxygens (including phenoxy) is 1. The lowest BCUT2D eigenvalue weighted by molar-refractivity contribution is 0.173. The maximum atomic E-state index is 8.81. The molecule has 0 spiro atoms. The molecule has 1 rings (SSSR count). The van der Waals surface area contributed by atoms with Gasteiger partial charge in [-0.25, -0.2) is 4.99 Å². The number of aliphatic imine (C=N–C) groups is 1. The molecule has 0 bridgehead atoms. The van der Waals surface area contributed by atoms with Crippen molar-refractivity contribution in [3.8, 4) is 0 Å². The molecule has 0 saturated heterocycles. The summed E-state index contributed by atoms with van der Waals surface area (Å²) >= 11 is 0. The lowest BCUT2D eigenvalue weighted by Gasteiger charge is -1.95. The van der Waals surface area contributed by atoms with Gasteiger partial charge in [-0.1, -0.05) is 0 Å². The van der Waals surface area contributed by atoms with E-state index in [0.717, 1.165) is 12.8 Å². The minimum atomic E-state index is -0.530. The van der Waals surface area contributed by atoms with Gasteiger partial charge in [-0.2, -0.15) is 0 Å². The molecular weight excluding hydrogens is 106 g/mol. The zero-order valence-corrected chi connectivity index (χ0v) is 4.58. The lowest BCUT2D eigenvalue weighted by Crippen LogP contribution is -1.99. The molecule has 1 N–H and O–H groups in total.